The first-order valence-electron chi connectivity index (χ1n) is 2.93. The van der Waals surface area contributed by atoms with Gasteiger partial charge in [-0.15, -0.1) is 12.3 Å². The molecule has 0 radical (unpaired) electrons. The molecule has 0 rings (SSSR count). The summed E-state index contributed by atoms with van der Waals surface area (Å²) >= 11 is 0. The molecule has 0 atom stereocenters. The molecule has 1 nitrogen and oxygen atoms in total. The largest absolute Gasteiger partial charge is 0.382 e. The van der Waals surface area contributed by atoms with Crippen LogP contribution >= 0.6 is 0 Å². The van der Waals surface area contributed by atoms with E-state index in [0.717, 1.165) is 26.1 Å². The Bertz CT molecular complexity index is 70.9. The maximum Gasteiger partial charge on any atom is 0.0474 e. The fraction of sp³-hybridized carbons (Fsp3) is 0.714. The van der Waals surface area contributed by atoms with Crippen LogP contribution in [0.15, 0.2) is 0 Å². The Balaban J connectivity index is 2.65. The number of unbranched alkanes of at least 4 members (excludes halogenated alkanes) is 1. The monoisotopic (exact) mass is 112 g/mol. The van der Waals surface area contributed by atoms with Gasteiger partial charge in [-0.05, 0) is 13.3 Å². The standard InChI is InChI=1S/C7H12O/c1-3-5-6-7-8-4-2/h1H,4-7H2,2H3. The third-order valence-corrected chi connectivity index (χ3v) is 0.814. The van der Waals surface area contributed by atoms with E-state index in [9.17, 15) is 0 Å². The van der Waals surface area contributed by atoms with Crippen molar-refractivity contribution in [2.24, 2.45) is 0 Å². The molecule has 0 spiro atoms. The van der Waals surface area contributed by atoms with Crippen molar-refractivity contribution in [1.82, 2.24) is 0 Å². The lowest BCUT2D eigenvalue weighted by Gasteiger charge is -1.94. The lowest BCUT2D eigenvalue weighted by molar-refractivity contribution is 0.146. The maximum absolute atomic E-state index is 5.04. The second-order valence-electron chi connectivity index (χ2n) is 1.50. The zero-order valence-electron chi connectivity index (χ0n) is 5.31. The van der Waals surface area contributed by atoms with Crippen molar-refractivity contribution in [3.05, 3.63) is 0 Å². The molecular formula is C7H12O. The van der Waals surface area contributed by atoms with Crippen LogP contribution in [0.25, 0.3) is 0 Å². The van der Waals surface area contributed by atoms with Gasteiger partial charge in [0.15, 0.2) is 0 Å². The Kier molecular flexibility index (Phi) is 6.13. The molecule has 0 heterocycles. The first-order chi connectivity index (χ1) is 3.91. The van der Waals surface area contributed by atoms with Crippen molar-refractivity contribution < 1.29 is 4.74 Å². The second-order valence-corrected chi connectivity index (χ2v) is 1.50. The summed E-state index contributed by atoms with van der Waals surface area (Å²) in [6.07, 6.45) is 6.83. The maximum atomic E-state index is 5.04. The predicted molar refractivity (Wildman–Crippen MR) is 34.6 cm³/mol. The summed E-state index contributed by atoms with van der Waals surface area (Å²) in [7, 11) is 0. The van der Waals surface area contributed by atoms with Gasteiger partial charge in [0.25, 0.3) is 0 Å². The van der Waals surface area contributed by atoms with Gasteiger partial charge in [-0.3, -0.25) is 0 Å². The van der Waals surface area contributed by atoms with Gasteiger partial charge >= 0.3 is 0 Å². The average Bonchev–Trinajstić information content (AvgIpc) is 1.81. The van der Waals surface area contributed by atoms with E-state index in [1.807, 2.05) is 6.92 Å². The first kappa shape index (κ1) is 7.52. The van der Waals surface area contributed by atoms with Crippen molar-refractivity contribution in [3.63, 3.8) is 0 Å². The number of ether oxygens (including phenoxy) is 1. The number of hydrogen-bond acceptors (Lipinski definition) is 1. The molecule has 0 aromatic carbocycles. The van der Waals surface area contributed by atoms with E-state index in [1.54, 1.807) is 0 Å². The third-order valence-electron chi connectivity index (χ3n) is 0.814. The lowest BCUT2D eigenvalue weighted by atomic mass is 10.3. The molecule has 0 saturated carbocycles. The minimum Gasteiger partial charge on any atom is -0.382 e. The highest BCUT2D eigenvalue weighted by atomic mass is 16.5. The minimum absolute atomic E-state index is 0.796. The molecule has 0 bridgehead atoms. The van der Waals surface area contributed by atoms with Crippen LogP contribution in [0.3, 0.4) is 0 Å². The molecule has 0 saturated heterocycles. The van der Waals surface area contributed by atoms with Gasteiger partial charge in [-0.25, -0.2) is 0 Å². The Labute approximate surface area is 51.0 Å². The Morgan fingerprint density at radius 2 is 2.38 bits per heavy atom. The van der Waals surface area contributed by atoms with Gasteiger partial charge in [-0.1, -0.05) is 0 Å². The van der Waals surface area contributed by atoms with Crippen LogP contribution in [0, 0.1) is 12.3 Å². The van der Waals surface area contributed by atoms with E-state index in [4.69, 9.17) is 11.2 Å². The molecule has 0 fully saturated rings. The van der Waals surface area contributed by atoms with Crippen LogP contribution in [0.1, 0.15) is 19.8 Å². The summed E-state index contributed by atoms with van der Waals surface area (Å²) in [5.74, 6) is 2.55. The topological polar surface area (TPSA) is 9.23 Å². The van der Waals surface area contributed by atoms with E-state index < -0.39 is 0 Å². The van der Waals surface area contributed by atoms with E-state index in [1.165, 1.54) is 0 Å². The van der Waals surface area contributed by atoms with Gasteiger partial charge in [-0.2, -0.15) is 0 Å². The highest BCUT2D eigenvalue weighted by Gasteiger charge is 1.80. The smallest absolute Gasteiger partial charge is 0.0474 e. The zero-order valence-corrected chi connectivity index (χ0v) is 5.31. The number of hydrogen-bond donors (Lipinski definition) is 0. The molecule has 0 aromatic heterocycles. The molecule has 8 heavy (non-hydrogen) atoms. The molecule has 46 valence electrons. The molecular weight excluding hydrogens is 100 g/mol. The van der Waals surface area contributed by atoms with Gasteiger partial charge < -0.3 is 4.74 Å². The summed E-state index contributed by atoms with van der Waals surface area (Å²) in [5, 5.41) is 0. The highest BCUT2D eigenvalue weighted by Crippen LogP contribution is 1.85. The summed E-state index contributed by atoms with van der Waals surface area (Å²) < 4.78 is 5.04. The normalized spacial score (nSPS) is 8.50. The first-order valence-corrected chi connectivity index (χ1v) is 2.93. The van der Waals surface area contributed by atoms with Crippen LogP contribution in [-0.4, -0.2) is 13.2 Å². The Morgan fingerprint density at radius 3 is 2.88 bits per heavy atom. The highest BCUT2D eigenvalue weighted by molar-refractivity contribution is 4.82. The Hall–Kier alpha value is -0.480. The SMILES string of the molecule is C#CCCCOCC. The summed E-state index contributed by atoms with van der Waals surface area (Å²) in [6.45, 7) is 3.58. The molecule has 0 aromatic rings. The summed E-state index contributed by atoms with van der Waals surface area (Å²) in [4.78, 5) is 0. The molecule has 0 amide bonds. The van der Waals surface area contributed by atoms with E-state index in [2.05, 4.69) is 5.92 Å². The van der Waals surface area contributed by atoms with E-state index >= 15 is 0 Å². The van der Waals surface area contributed by atoms with Gasteiger partial charge in [0.1, 0.15) is 0 Å². The van der Waals surface area contributed by atoms with Crippen LogP contribution in [-0.2, 0) is 4.74 Å². The minimum atomic E-state index is 0.796. The van der Waals surface area contributed by atoms with Crippen molar-refractivity contribution >= 4 is 0 Å². The van der Waals surface area contributed by atoms with Crippen molar-refractivity contribution in [1.29, 1.82) is 0 Å². The Morgan fingerprint density at radius 1 is 1.62 bits per heavy atom. The van der Waals surface area contributed by atoms with E-state index in [0.29, 0.717) is 0 Å². The molecule has 0 aliphatic rings. The van der Waals surface area contributed by atoms with Gasteiger partial charge in [0, 0.05) is 19.6 Å². The summed E-state index contributed by atoms with van der Waals surface area (Å²) in [5.41, 5.74) is 0. The van der Waals surface area contributed by atoms with Crippen LogP contribution in [0.4, 0.5) is 0 Å². The molecule has 0 aliphatic heterocycles. The second kappa shape index (κ2) is 6.52. The molecule has 0 unspecified atom stereocenters. The van der Waals surface area contributed by atoms with Crippen LogP contribution in [0.2, 0.25) is 0 Å². The fourth-order valence-electron chi connectivity index (χ4n) is 0.421. The number of rotatable bonds is 4. The quantitative estimate of drug-likeness (QED) is 0.395. The van der Waals surface area contributed by atoms with Crippen molar-refractivity contribution in [3.8, 4) is 12.3 Å². The van der Waals surface area contributed by atoms with Crippen LogP contribution < -0.4 is 0 Å². The number of terminal acetylenes is 1. The lowest BCUT2D eigenvalue weighted by Crippen LogP contribution is -1.91. The molecule has 0 N–H and O–H groups in total. The van der Waals surface area contributed by atoms with E-state index in [-0.39, 0.29) is 0 Å². The molecule has 0 aliphatic carbocycles. The zero-order chi connectivity index (χ0) is 6.24. The third kappa shape index (κ3) is 5.52. The predicted octanol–water partition coefficient (Wildman–Crippen LogP) is 1.44. The fourth-order valence-corrected chi connectivity index (χ4v) is 0.421. The van der Waals surface area contributed by atoms with Crippen molar-refractivity contribution in [2.75, 3.05) is 13.2 Å². The average molecular weight is 112 g/mol. The van der Waals surface area contributed by atoms with Gasteiger partial charge in [0.05, 0.1) is 0 Å². The van der Waals surface area contributed by atoms with Gasteiger partial charge in [0.2, 0.25) is 0 Å². The molecule has 1 heteroatoms. The van der Waals surface area contributed by atoms with Crippen LogP contribution in [0.5, 0.6) is 0 Å². The summed E-state index contributed by atoms with van der Waals surface area (Å²) in [6, 6.07) is 0. The van der Waals surface area contributed by atoms with Crippen molar-refractivity contribution in [2.45, 2.75) is 19.8 Å².